The second kappa shape index (κ2) is 8.60. The van der Waals surface area contributed by atoms with E-state index in [1.807, 2.05) is 6.07 Å². The average Bonchev–Trinajstić information content (AvgIpc) is 3.26. The molecule has 1 aliphatic rings. The van der Waals surface area contributed by atoms with E-state index in [-0.39, 0.29) is 11.3 Å². The largest absolute Gasteiger partial charge is 0.360 e. The Kier molecular flexibility index (Phi) is 6.21. The van der Waals surface area contributed by atoms with E-state index < -0.39 is 0 Å². The van der Waals surface area contributed by atoms with Gasteiger partial charge in [-0.15, -0.1) is 0 Å². The third kappa shape index (κ3) is 4.83. The normalized spacial score (nSPS) is 16.3. The van der Waals surface area contributed by atoms with Gasteiger partial charge >= 0.3 is 0 Å². The molecule has 2 heterocycles. The molecule has 3 aromatic rings. The molecule has 1 aliphatic carbocycles. The lowest BCUT2D eigenvalue weighted by molar-refractivity contribution is 0.101. The Morgan fingerprint density at radius 3 is 2.84 bits per heavy atom. The lowest BCUT2D eigenvalue weighted by atomic mass is 9.71. The van der Waals surface area contributed by atoms with E-state index in [2.05, 4.69) is 52.3 Å². The van der Waals surface area contributed by atoms with Crippen LogP contribution in [0.5, 0.6) is 0 Å². The quantitative estimate of drug-likeness (QED) is 0.428. The molecule has 1 N–H and O–H groups in total. The van der Waals surface area contributed by atoms with Crippen LogP contribution in [-0.2, 0) is 19.4 Å². The van der Waals surface area contributed by atoms with Crippen molar-refractivity contribution in [1.82, 2.24) is 14.9 Å². The Morgan fingerprint density at radius 1 is 1.35 bits per heavy atom. The van der Waals surface area contributed by atoms with Gasteiger partial charge in [-0.1, -0.05) is 55.2 Å². The van der Waals surface area contributed by atoms with Crippen molar-refractivity contribution in [2.45, 2.75) is 46.6 Å². The number of anilines is 1. The smallest absolute Gasteiger partial charge is 0.279 e. The molecular weight excluding hydrogens is 503 g/mol. The summed E-state index contributed by atoms with van der Waals surface area (Å²) in [5.41, 5.74) is 2.28. The Bertz CT molecular complexity index is 1130. The molecule has 0 spiro atoms. The molecule has 0 aliphatic heterocycles. The minimum atomic E-state index is -0.324. The Balaban J connectivity index is 1.51. The minimum absolute atomic E-state index is 0.160. The summed E-state index contributed by atoms with van der Waals surface area (Å²) in [6, 6.07) is 5.33. The second-order valence-electron chi connectivity index (χ2n) is 8.95. The number of amides is 1. The SMILES string of the molecule is CC(C)(C)C1CCc2onc(C(=O)Nc3nn(Cc4ccc(Cl)cc4Cl)cc3Br)c2C1. The first-order valence-corrected chi connectivity index (χ1v) is 11.6. The summed E-state index contributed by atoms with van der Waals surface area (Å²) in [4.78, 5) is 13.0. The molecule has 164 valence electrons. The zero-order valence-electron chi connectivity index (χ0n) is 17.5. The predicted octanol–water partition coefficient (Wildman–Crippen LogP) is 6.39. The minimum Gasteiger partial charge on any atom is -0.360 e. The number of aromatic nitrogens is 3. The van der Waals surface area contributed by atoms with E-state index in [0.717, 1.165) is 36.1 Å². The third-order valence-electron chi connectivity index (χ3n) is 5.78. The van der Waals surface area contributed by atoms with E-state index in [1.165, 1.54) is 0 Å². The van der Waals surface area contributed by atoms with E-state index in [4.69, 9.17) is 27.7 Å². The van der Waals surface area contributed by atoms with Gasteiger partial charge in [0.2, 0.25) is 0 Å². The number of hydrogen-bond acceptors (Lipinski definition) is 4. The Labute approximate surface area is 199 Å². The van der Waals surface area contributed by atoms with Crippen molar-refractivity contribution in [3.63, 3.8) is 0 Å². The molecule has 0 saturated heterocycles. The predicted molar refractivity (Wildman–Crippen MR) is 125 cm³/mol. The van der Waals surface area contributed by atoms with E-state index in [1.54, 1.807) is 23.0 Å². The van der Waals surface area contributed by atoms with Crippen LogP contribution < -0.4 is 5.32 Å². The molecule has 1 atom stereocenters. The summed E-state index contributed by atoms with van der Waals surface area (Å²) in [6.07, 6.45) is 4.41. The highest BCUT2D eigenvalue weighted by molar-refractivity contribution is 9.10. The van der Waals surface area contributed by atoms with Crippen LogP contribution in [0, 0.1) is 11.3 Å². The topological polar surface area (TPSA) is 73.0 Å². The van der Waals surface area contributed by atoms with Gasteiger partial charge in [-0.05, 0) is 57.8 Å². The molecule has 4 rings (SSSR count). The summed E-state index contributed by atoms with van der Waals surface area (Å²) in [6.45, 7) is 7.13. The maximum atomic E-state index is 13.0. The van der Waals surface area contributed by atoms with Crippen LogP contribution in [0.4, 0.5) is 5.82 Å². The maximum absolute atomic E-state index is 13.0. The molecule has 1 aromatic carbocycles. The summed E-state index contributed by atoms with van der Waals surface area (Å²) in [7, 11) is 0. The van der Waals surface area contributed by atoms with Crippen LogP contribution in [0.3, 0.4) is 0 Å². The number of fused-ring (bicyclic) bond motifs is 1. The monoisotopic (exact) mass is 524 g/mol. The molecule has 9 heteroatoms. The summed E-state index contributed by atoms with van der Waals surface area (Å²) >= 11 is 15.7. The van der Waals surface area contributed by atoms with Gasteiger partial charge in [-0.3, -0.25) is 9.48 Å². The molecular formula is C22H23BrCl2N4O2. The fourth-order valence-corrected chi connectivity index (χ4v) is 4.76. The van der Waals surface area contributed by atoms with Crippen molar-refractivity contribution in [1.29, 1.82) is 0 Å². The molecule has 31 heavy (non-hydrogen) atoms. The van der Waals surface area contributed by atoms with Crippen LogP contribution in [0.15, 0.2) is 33.4 Å². The number of nitrogens with zero attached hydrogens (tertiary/aromatic N) is 3. The number of carbonyl (C=O) groups excluding carboxylic acids is 1. The highest BCUT2D eigenvalue weighted by Crippen LogP contribution is 2.38. The van der Waals surface area contributed by atoms with E-state index in [0.29, 0.717) is 38.5 Å². The van der Waals surface area contributed by atoms with Crippen molar-refractivity contribution in [3.05, 3.63) is 61.5 Å². The number of carbonyl (C=O) groups is 1. The van der Waals surface area contributed by atoms with Crippen LogP contribution in [-0.4, -0.2) is 20.8 Å². The highest BCUT2D eigenvalue weighted by atomic mass is 79.9. The van der Waals surface area contributed by atoms with Gasteiger partial charge in [0.15, 0.2) is 11.5 Å². The van der Waals surface area contributed by atoms with Crippen LogP contribution in [0.1, 0.15) is 54.6 Å². The molecule has 6 nitrogen and oxygen atoms in total. The van der Waals surface area contributed by atoms with Crippen LogP contribution in [0.25, 0.3) is 0 Å². The summed E-state index contributed by atoms with van der Waals surface area (Å²) in [5, 5.41) is 12.5. The fraction of sp³-hybridized carbons (Fsp3) is 0.409. The lowest BCUT2D eigenvalue weighted by Crippen LogP contribution is -2.27. The average molecular weight is 526 g/mol. The Morgan fingerprint density at radius 2 is 2.13 bits per heavy atom. The number of halogens is 3. The van der Waals surface area contributed by atoms with Crippen molar-refractivity contribution < 1.29 is 9.32 Å². The van der Waals surface area contributed by atoms with Gasteiger partial charge in [0.1, 0.15) is 5.76 Å². The first-order chi connectivity index (χ1) is 14.6. The second-order valence-corrected chi connectivity index (χ2v) is 10.6. The van der Waals surface area contributed by atoms with Crippen molar-refractivity contribution in [2.75, 3.05) is 5.32 Å². The number of hydrogen-bond donors (Lipinski definition) is 1. The van der Waals surface area contributed by atoms with Gasteiger partial charge in [0, 0.05) is 28.2 Å². The first-order valence-electron chi connectivity index (χ1n) is 10.1. The third-order valence-corrected chi connectivity index (χ3v) is 6.94. The maximum Gasteiger partial charge on any atom is 0.279 e. The van der Waals surface area contributed by atoms with Crippen molar-refractivity contribution >= 4 is 50.9 Å². The summed E-state index contributed by atoms with van der Waals surface area (Å²) in [5.74, 6) is 1.37. The molecule has 0 radical (unpaired) electrons. The van der Waals surface area contributed by atoms with Gasteiger partial charge in [-0.25, -0.2) is 0 Å². The fourth-order valence-electron chi connectivity index (χ4n) is 3.88. The molecule has 0 fully saturated rings. The van der Waals surface area contributed by atoms with E-state index >= 15 is 0 Å². The standard InChI is InChI=1S/C22H23BrCl2N4O2/c1-22(2,3)13-5-7-18-15(8-13)19(28-31-18)21(30)26-20-16(23)11-29(27-20)10-12-4-6-14(24)9-17(12)25/h4,6,9,11,13H,5,7-8,10H2,1-3H3,(H,26,27,30). The molecule has 0 saturated carbocycles. The zero-order valence-corrected chi connectivity index (χ0v) is 20.6. The number of benzene rings is 1. The number of aryl methyl sites for hydroxylation is 1. The van der Waals surface area contributed by atoms with Gasteiger partial charge in [0.25, 0.3) is 5.91 Å². The van der Waals surface area contributed by atoms with Gasteiger partial charge in [-0.2, -0.15) is 5.10 Å². The highest BCUT2D eigenvalue weighted by Gasteiger charge is 2.34. The van der Waals surface area contributed by atoms with Crippen LogP contribution >= 0.6 is 39.1 Å². The Hall–Kier alpha value is -1.83. The molecule has 2 aromatic heterocycles. The van der Waals surface area contributed by atoms with Gasteiger partial charge in [0.05, 0.1) is 11.0 Å². The van der Waals surface area contributed by atoms with Gasteiger partial charge < -0.3 is 9.84 Å². The number of nitrogens with one attached hydrogen (secondary N) is 1. The first kappa shape index (κ1) is 22.4. The van der Waals surface area contributed by atoms with Crippen molar-refractivity contribution in [3.8, 4) is 0 Å². The molecule has 1 amide bonds. The summed E-state index contributed by atoms with van der Waals surface area (Å²) < 4.78 is 7.83. The zero-order chi connectivity index (χ0) is 22.3. The molecule has 0 bridgehead atoms. The number of rotatable bonds is 4. The molecule has 1 unspecified atom stereocenters. The van der Waals surface area contributed by atoms with E-state index in [9.17, 15) is 4.79 Å². The van der Waals surface area contributed by atoms with Crippen molar-refractivity contribution in [2.24, 2.45) is 11.3 Å². The lowest BCUT2D eigenvalue weighted by Gasteiger charge is -2.33. The van der Waals surface area contributed by atoms with Crippen LogP contribution in [0.2, 0.25) is 10.0 Å².